The van der Waals surface area contributed by atoms with E-state index in [2.05, 4.69) is 18.6 Å². The van der Waals surface area contributed by atoms with Crippen LogP contribution in [-0.4, -0.2) is 37.9 Å². The normalized spacial score (nSPS) is 39.8. The van der Waals surface area contributed by atoms with Crippen molar-refractivity contribution < 1.29 is 8.42 Å². The lowest BCUT2D eigenvalue weighted by Crippen LogP contribution is -2.76. The monoisotopic (exact) mass is 317 g/mol. The van der Waals surface area contributed by atoms with Gasteiger partial charge in [0.1, 0.15) is 0 Å². The van der Waals surface area contributed by atoms with Crippen LogP contribution in [0, 0.1) is 22.7 Å². The van der Waals surface area contributed by atoms with Crippen LogP contribution in [0.4, 0.5) is 0 Å². The molecule has 0 aromatic rings. The molecule has 0 bridgehead atoms. The molecule has 124 valence electrons. The van der Waals surface area contributed by atoms with Crippen LogP contribution in [0.15, 0.2) is 0 Å². The van der Waals surface area contributed by atoms with Crippen molar-refractivity contribution in [1.29, 1.82) is 0 Å². The third-order valence-electron chi connectivity index (χ3n) is 5.53. The molecule has 2 aliphatic rings. The molecule has 1 saturated heterocycles. The van der Waals surface area contributed by atoms with Crippen molar-refractivity contribution in [1.82, 2.24) is 9.03 Å². The van der Waals surface area contributed by atoms with Gasteiger partial charge in [0.2, 0.25) is 0 Å². The predicted octanol–water partition coefficient (Wildman–Crippen LogP) is 1.56. The Bertz CT molecular complexity index is 475. The Labute approximate surface area is 129 Å². The van der Waals surface area contributed by atoms with Gasteiger partial charge in [-0.15, -0.1) is 0 Å². The Kier molecular flexibility index (Phi) is 4.24. The molecule has 0 amide bonds. The van der Waals surface area contributed by atoms with E-state index in [0.29, 0.717) is 24.9 Å². The number of rotatable bonds is 3. The van der Waals surface area contributed by atoms with Gasteiger partial charge < -0.3 is 5.73 Å². The molecule has 3 N–H and O–H groups in total. The lowest BCUT2D eigenvalue weighted by atomic mass is 9.49. The van der Waals surface area contributed by atoms with Gasteiger partial charge in [0.15, 0.2) is 0 Å². The summed E-state index contributed by atoms with van der Waals surface area (Å²) in [5.74, 6) is 0.824. The van der Waals surface area contributed by atoms with Gasteiger partial charge in [-0.2, -0.15) is 17.4 Å². The predicted molar refractivity (Wildman–Crippen MR) is 85.9 cm³/mol. The SMILES string of the molecule is CC1CC(C)CN(S(=O)(=O)NC2C(C)(C)C(N)C2(C)C)C1. The summed E-state index contributed by atoms with van der Waals surface area (Å²) in [5, 5.41) is 0. The number of hydrogen-bond acceptors (Lipinski definition) is 3. The highest BCUT2D eigenvalue weighted by Crippen LogP contribution is 2.52. The molecule has 6 heteroatoms. The zero-order chi connectivity index (χ0) is 16.2. The molecule has 2 fully saturated rings. The second-order valence-electron chi connectivity index (χ2n) is 8.44. The maximum absolute atomic E-state index is 12.7. The van der Waals surface area contributed by atoms with Crippen molar-refractivity contribution >= 4 is 10.2 Å². The van der Waals surface area contributed by atoms with E-state index in [4.69, 9.17) is 5.73 Å². The van der Waals surface area contributed by atoms with Gasteiger partial charge in [0, 0.05) is 25.2 Å². The Morgan fingerprint density at radius 1 is 1.05 bits per heavy atom. The molecule has 1 heterocycles. The maximum Gasteiger partial charge on any atom is 0.279 e. The fourth-order valence-electron chi connectivity index (χ4n) is 4.51. The van der Waals surface area contributed by atoms with Gasteiger partial charge in [0.25, 0.3) is 10.2 Å². The molecular weight excluding hydrogens is 286 g/mol. The zero-order valence-corrected chi connectivity index (χ0v) is 15.0. The minimum Gasteiger partial charge on any atom is -0.327 e. The molecule has 2 rings (SSSR count). The summed E-state index contributed by atoms with van der Waals surface area (Å²) in [6, 6.07) is -0.130. The average Bonchev–Trinajstić information content (AvgIpc) is 2.33. The summed E-state index contributed by atoms with van der Waals surface area (Å²) in [6.45, 7) is 13.6. The van der Waals surface area contributed by atoms with Crippen molar-refractivity contribution in [3.05, 3.63) is 0 Å². The lowest BCUT2D eigenvalue weighted by Gasteiger charge is -2.62. The summed E-state index contributed by atoms with van der Waals surface area (Å²) in [7, 11) is -3.45. The molecule has 0 aromatic carbocycles. The number of piperidine rings is 1. The zero-order valence-electron chi connectivity index (χ0n) is 14.2. The Hall–Kier alpha value is -0.170. The molecule has 0 radical (unpaired) electrons. The number of hydrogen-bond donors (Lipinski definition) is 2. The molecule has 21 heavy (non-hydrogen) atoms. The smallest absolute Gasteiger partial charge is 0.279 e. The fraction of sp³-hybridized carbons (Fsp3) is 1.00. The van der Waals surface area contributed by atoms with Crippen LogP contribution in [0.2, 0.25) is 0 Å². The minimum absolute atomic E-state index is 0.00287. The van der Waals surface area contributed by atoms with Crippen LogP contribution in [-0.2, 0) is 10.2 Å². The molecule has 1 aliphatic carbocycles. The van der Waals surface area contributed by atoms with Gasteiger partial charge in [-0.3, -0.25) is 0 Å². The molecule has 0 aromatic heterocycles. The summed E-state index contributed by atoms with van der Waals surface area (Å²) in [4.78, 5) is 0. The number of nitrogens with one attached hydrogen (secondary N) is 1. The van der Waals surface area contributed by atoms with Gasteiger partial charge in [-0.05, 0) is 29.1 Å². The minimum atomic E-state index is -3.45. The number of nitrogens with zero attached hydrogens (tertiary/aromatic N) is 1. The largest absolute Gasteiger partial charge is 0.327 e. The van der Waals surface area contributed by atoms with E-state index >= 15 is 0 Å². The molecular formula is C15H31N3O2S. The summed E-state index contributed by atoms with van der Waals surface area (Å²) in [6.07, 6.45) is 1.09. The highest BCUT2D eigenvalue weighted by atomic mass is 32.2. The van der Waals surface area contributed by atoms with Crippen LogP contribution in [0.3, 0.4) is 0 Å². The standard InChI is InChI=1S/C15H31N3O2S/c1-10-7-11(2)9-18(8-10)21(19,20)17-13-14(3,4)12(16)15(13,5)6/h10-13,17H,7-9,16H2,1-6H3. The molecule has 5 nitrogen and oxygen atoms in total. The second-order valence-corrected chi connectivity index (χ2v) is 10.1. The highest BCUT2D eigenvalue weighted by Gasteiger charge is 2.61. The Morgan fingerprint density at radius 3 is 1.90 bits per heavy atom. The van der Waals surface area contributed by atoms with Crippen LogP contribution >= 0.6 is 0 Å². The fourth-order valence-corrected chi connectivity index (χ4v) is 6.47. The van der Waals surface area contributed by atoms with Crippen LogP contribution in [0.25, 0.3) is 0 Å². The molecule has 1 aliphatic heterocycles. The van der Waals surface area contributed by atoms with Crippen molar-refractivity contribution in [3.63, 3.8) is 0 Å². The van der Waals surface area contributed by atoms with Gasteiger partial charge >= 0.3 is 0 Å². The van der Waals surface area contributed by atoms with E-state index in [1.165, 1.54) is 0 Å². The van der Waals surface area contributed by atoms with Gasteiger partial charge in [-0.1, -0.05) is 41.5 Å². The van der Waals surface area contributed by atoms with Crippen LogP contribution in [0.5, 0.6) is 0 Å². The van der Waals surface area contributed by atoms with E-state index in [1.54, 1.807) is 4.31 Å². The van der Waals surface area contributed by atoms with E-state index in [-0.39, 0.29) is 22.9 Å². The molecule has 2 unspecified atom stereocenters. The van der Waals surface area contributed by atoms with E-state index in [9.17, 15) is 8.42 Å². The van der Waals surface area contributed by atoms with Crippen LogP contribution < -0.4 is 10.5 Å². The Balaban J connectivity index is 2.15. The Morgan fingerprint density at radius 2 is 1.48 bits per heavy atom. The summed E-state index contributed by atoms with van der Waals surface area (Å²) >= 11 is 0. The first-order valence-electron chi connectivity index (χ1n) is 7.92. The third-order valence-corrected chi connectivity index (χ3v) is 7.04. The molecule has 0 spiro atoms. The maximum atomic E-state index is 12.7. The van der Waals surface area contributed by atoms with Crippen LogP contribution in [0.1, 0.15) is 48.0 Å². The first kappa shape index (κ1) is 17.2. The van der Waals surface area contributed by atoms with E-state index in [1.807, 2.05) is 27.7 Å². The number of nitrogens with two attached hydrogens (primary N) is 1. The topological polar surface area (TPSA) is 75.4 Å². The lowest BCUT2D eigenvalue weighted by molar-refractivity contribution is -0.0602. The first-order valence-corrected chi connectivity index (χ1v) is 9.36. The molecule has 2 atom stereocenters. The van der Waals surface area contributed by atoms with Crippen molar-refractivity contribution in [3.8, 4) is 0 Å². The van der Waals surface area contributed by atoms with E-state index < -0.39 is 10.2 Å². The van der Waals surface area contributed by atoms with Crippen molar-refractivity contribution in [2.24, 2.45) is 28.4 Å². The van der Waals surface area contributed by atoms with Gasteiger partial charge in [0.05, 0.1) is 0 Å². The molecule has 1 saturated carbocycles. The second kappa shape index (κ2) is 5.18. The highest BCUT2D eigenvalue weighted by molar-refractivity contribution is 7.87. The average molecular weight is 317 g/mol. The van der Waals surface area contributed by atoms with Crippen molar-refractivity contribution in [2.45, 2.75) is 60.0 Å². The van der Waals surface area contributed by atoms with Gasteiger partial charge in [-0.25, -0.2) is 0 Å². The summed E-state index contributed by atoms with van der Waals surface area (Å²) < 4.78 is 30.0. The summed E-state index contributed by atoms with van der Waals surface area (Å²) in [5.41, 5.74) is 5.78. The van der Waals surface area contributed by atoms with E-state index in [0.717, 1.165) is 6.42 Å². The third kappa shape index (κ3) is 2.87. The quantitative estimate of drug-likeness (QED) is 0.829. The van der Waals surface area contributed by atoms with Crippen molar-refractivity contribution in [2.75, 3.05) is 13.1 Å². The first-order chi connectivity index (χ1) is 9.39.